The number of benzene rings is 1. The molecular formula is C12H12ClN7. The van der Waals surface area contributed by atoms with Crippen molar-refractivity contribution in [2.75, 3.05) is 0 Å². The van der Waals surface area contributed by atoms with Crippen molar-refractivity contribution in [3.8, 4) is 5.69 Å². The fourth-order valence-electron chi connectivity index (χ4n) is 1.79. The highest BCUT2D eigenvalue weighted by Gasteiger charge is 2.11. The molecule has 0 spiro atoms. The van der Waals surface area contributed by atoms with Crippen LogP contribution in [0.2, 0.25) is 0 Å². The lowest BCUT2D eigenvalue weighted by Gasteiger charge is -2.03. The summed E-state index contributed by atoms with van der Waals surface area (Å²) in [6, 6.07) is 9.69. The van der Waals surface area contributed by atoms with E-state index < -0.39 is 0 Å². The fourth-order valence-corrected chi connectivity index (χ4v) is 1.89. The Kier molecular flexibility index (Phi) is 3.42. The number of hydrogen-bond acceptors (Lipinski definition) is 5. The summed E-state index contributed by atoms with van der Waals surface area (Å²) >= 11 is 5.96. The summed E-state index contributed by atoms with van der Waals surface area (Å²) in [5.41, 5.74) is 1.63. The molecule has 7 nitrogen and oxygen atoms in total. The number of aromatic nitrogens is 7. The standard InChI is InChI=1S/C12H12ClN7/c1-9(13)11-7-19(17-14-11)8-12-15-16-18-20(12)10-5-3-2-4-6-10/h2-7,9H,8H2,1H3. The van der Waals surface area contributed by atoms with Crippen LogP contribution in [-0.4, -0.2) is 35.2 Å². The normalized spacial score (nSPS) is 12.5. The van der Waals surface area contributed by atoms with Crippen molar-refractivity contribution < 1.29 is 0 Å². The average molecular weight is 290 g/mol. The molecule has 20 heavy (non-hydrogen) atoms. The van der Waals surface area contributed by atoms with Crippen molar-refractivity contribution in [1.29, 1.82) is 0 Å². The van der Waals surface area contributed by atoms with E-state index in [9.17, 15) is 0 Å². The van der Waals surface area contributed by atoms with Crippen LogP contribution in [0.5, 0.6) is 0 Å². The molecule has 8 heteroatoms. The van der Waals surface area contributed by atoms with Crippen LogP contribution < -0.4 is 0 Å². The van der Waals surface area contributed by atoms with E-state index in [1.807, 2.05) is 37.3 Å². The first kappa shape index (κ1) is 12.7. The molecule has 0 aliphatic rings. The third-order valence-electron chi connectivity index (χ3n) is 2.80. The Morgan fingerprint density at radius 2 is 1.95 bits per heavy atom. The highest BCUT2D eigenvalue weighted by molar-refractivity contribution is 6.20. The van der Waals surface area contributed by atoms with Crippen molar-refractivity contribution in [3.05, 3.63) is 48.0 Å². The first-order valence-corrected chi connectivity index (χ1v) is 6.54. The lowest BCUT2D eigenvalue weighted by Crippen LogP contribution is -2.09. The van der Waals surface area contributed by atoms with Crippen LogP contribution in [0.15, 0.2) is 36.5 Å². The van der Waals surface area contributed by atoms with Gasteiger partial charge in [-0.05, 0) is 29.5 Å². The zero-order valence-electron chi connectivity index (χ0n) is 10.8. The molecule has 0 bridgehead atoms. The summed E-state index contributed by atoms with van der Waals surface area (Å²) in [6.45, 7) is 2.28. The molecule has 0 aliphatic heterocycles. The van der Waals surface area contributed by atoms with Crippen molar-refractivity contribution in [3.63, 3.8) is 0 Å². The summed E-state index contributed by atoms with van der Waals surface area (Å²) < 4.78 is 3.34. The van der Waals surface area contributed by atoms with E-state index in [2.05, 4.69) is 25.8 Å². The second-order valence-electron chi connectivity index (χ2n) is 4.30. The molecule has 3 aromatic rings. The van der Waals surface area contributed by atoms with Crippen LogP contribution in [0.1, 0.15) is 23.8 Å². The Morgan fingerprint density at radius 1 is 1.15 bits per heavy atom. The zero-order valence-corrected chi connectivity index (χ0v) is 11.5. The van der Waals surface area contributed by atoms with Gasteiger partial charge in [0, 0.05) is 0 Å². The number of hydrogen-bond donors (Lipinski definition) is 0. The Morgan fingerprint density at radius 3 is 2.65 bits per heavy atom. The SMILES string of the molecule is CC(Cl)c1cn(Cc2nnnn2-c2ccccc2)nn1. The maximum absolute atomic E-state index is 5.96. The van der Waals surface area contributed by atoms with E-state index in [-0.39, 0.29) is 5.38 Å². The molecule has 1 unspecified atom stereocenters. The largest absolute Gasteiger partial charge is 0.244 e. The van der Waals surface area contributed by atoms with Crippen molar-refractivity contribution in [2.24, 2.45) is 0 Å². The lowest BCUT2D eigenvalue weighted by molar-refractivity contribution is 0.609. The number of rotatable bonds is 4. The molecule has 0 saturated carbocycles. The topological polar surface area (TPSA) is 74.3 Å². The van der Waals surface area contributed by atoms with Gasteiger partial charge in [-0.15, -0.1) is 21.8 Å². The molecule has 0 amide bonds. The second-order valence-corrected chi connectivity index (χ2v) is 4.95. The summed E-state index contributed by atoms with van der Waals surface area (Å²) in [5, 5.41) is 19.6. The van der Waals surface area contributed by atoms with Crippen LogP contribution >= 0.6 is 11.6 Å². The molecule has 0 aliphatic carbocycles. The lowest BCUT2D eigenvalue weighted by atomic mass is 10.3. The van der Waals surface area contributed by atoms with E-state index in [1.54, 1.807) is 15.6 Å². The quantitative estimate of drug-likeness (QED) is 0.682. The number of halogens is 1. The molecule has 1 aromatic carbocycles. The van der Waals surface area contributed by atoms with Crippen LogP contribution in [0.4, 0.5) is 0 Å². The van der Waals surface area contributed by atoms with Crippen LogP contribution in [0.3, 0.4) is 0 Å². The highest BCUT2D eigenvalue weighted by atomic mass is 35.5. The minimum atomic E-state index is -0.172. The smallest absolute Gasteiger partial charge is 0.178 e. The molecule has 2 heterocycles. The number of para-hydroxylation sites is 1. The van der Waals surface area contributed by atoms with Gasteiger partial charge in [0.2, 0.25) is 0 Å². The van der Waals surface area contributed by atoms with E-state index in [1.165, 1.54) is 0 Å². The third-order valence-corrected chi connectivity index (χ3v) is 3.03. The van der Waals surface area contributed by atoms with Crippen molar-refractivity contribution >= 4 is 11.6 Å². The van der Waals surface area contributed by atoms with Gasteiger partial charge in [0.1, 0.15) is 12.2 Å². The van der Waals surface area contributed by atoms with Gasteiger partial charge in [0.25, 0.3) is 0 Å². The van der Waals surface area contributed by atoms with Gasteiger partial charge >= 0.3 is 0 Å². The maximum atomic E-state index is 5.96. The summed E-state index contributed by atoms with van der Waals surface area (Å²) in [4.78, 5) is 0. The Balaban J connectivity index is 1.87. The number of tetrazole rings is 1. The second kappa shape index (κ2) is 5.38. The molecule has 102 valence electrons. The minimum absolute atomic E-state index is 0.172. The van der Waals surface area contributed by atoms with Crippen molar-refractivity contribution in [1.82, 2.24) is 35.2 Å². The molecule has 0 N–H and O–H groups in total. The first-order chi connectivity index (χ1) is 9.74. The van der Waals surface area contributed by atoms with E-state index in [0.29, 0.717) is 12.4 Å². The Bertz CT molecular complexity index is 689. The molecule has 0 radical (unpaired) electrons. The number of nitrogens with zero attached hydrogens (tertiary/aromatic N) is 7. The zero-order chi connectivity index (χ0) is 13.9. The van der Waals surface area contributed by atoms with Crippen LogP contribution in [0, 0.1) is 0 Å². The minimum Gasteiger partial charge on any atom is -0.244 e. The predicted octanol–water partition coefficient (Wildman–Crippen LogP) is 1.60. The van der Waals surface area contributed by atoms with E-state index in [4.69, 9.17) is 11.6 Å². The predicted molar refractivity (Wildman–Crippen MR) is 72.5 cm³/mol. The molecule has 2 aromatic heterocycles. The average Bonchev–Trinajstić information content (AvgIpc) is 3.09. The third kappa shape index (κ3) is 2.53. The van der Waals surface area contributed by atoms with Gasteiger partial charge in [-0.25, -0.2) is 4.68 Å². The van der Waals surface area contributed by atoms with Gasteiger partial charge in [0.05, 0.1) is 17.3 Å². The maximum Gasteiger partial charge on any atom is 0.178 e. The first-order valence-electron chi connectivity index (χ1n) is 6.11. The molecule has 3 rings (SSSR count). The van der Waals surface area contributed by atoms with Crippen LogP contribution in [-0.2, 0) is 6.54 Å². The molecular weight excluding hydrogens is 278 g/mol. The molecule has 0 saturated heterocycles. The van der Waals surface area contributed by atoms with Gasteiger partial charge in [-0.2, -0.15) is 4.68 Å². The highest BCUT2D eigenvalue weighted by Crippen LogP contribution is 2.16. The van der Waals surface area contributed by atoms with Gasteiger partial charge in [0.15, 0.2) is 5.82 Å². The van der Waals surface area contributed by atoms with Crippen LogP contribution in [0.25, 0.3) is 5.69 Å². The monoisotopic (exact) mass is 289 g/mol. The molecule has 1 atom stereocenters. The number of alkyl halides is 1. The van der Waals surface area contributed by atoms with E-state index >= 15 is 0 Å². The Hall–Kier alpha value is -2.28. The van der Waals surface area contributed by atoms with Gasteiger partial charge in [-0.3, -0.25) is 0 Å². The van der Waals surface area contributed by atoms with E-state index in [0.717, 1.165) is 11.4 Å². The van der Waals surface area contributed by atoms with Gasteiger partial charge in [-0.1, -0.05) is 23.4 Å². The summed E-state index contributed by atoms with van der Waals surface area (Å²) in [6.07, 6.45) is 1.79. The summed E-state index contributed by atoms with van der Waals surface area (Å²) in [7, 11) is 0. The van der Waals surface area contributed by atoms with Crippen molar-refractivity contribution in [2.45, 2.75) is 18.8 Å². The fraction of sp³-hybridized carbons (Fsp3) is 0.250. The van der Waals surface area contributed by atoms with Gasteiger partial charge < -0.3 is 0 Å². The Labute approximate surface area is 120 Å². The summed E-state index contributed by atoms with van der Waals surface area (Å²) in [5.74, 6) is 0.676. The molecule has 0 fully saturated rings.